The summed E-state index contributed by atoms with van der Waals surface area (Å²) in [7, 11) is -4.96. The van der Waals surface area contributed by atoms with E-state index in [-0.39, 0.29) is 5.56 Å². The summed E-state index contributed by atoms with van der Waals surface area (Å²) >= 11 is 0. The molecule has 1 atom stereocenters. The summed E-state index contributed by atoms with van der Waals surface area (Å²) in [5.41, 5.74) is -6.03. The molecule has 0 radical (unpaired) electrons. The molecule has 0 aliphatic rings. The summed E-state index contributed by atoms with van der Waals surface area (Å²) in [6.45, 7) is 1.07. The van der Waals surface area contributed by atoms with Crippen molar-refractivity contribution in [2.45, 2.75) is 18.3 Å². The lowest BCUT2D eigenvalue weighted by Gasteiger charge is -2.17. The minimum atomic E-state index is -5.93. The Morgan fingerprint density at radius 3 is 2.41 bits per heavy atom. The van der Waals surface area contributed by atoms with E-state index in [9.17, 15) is 26.4 Å². The molecule has 0 fully saturated rings. The van der Waals surface area contributed by atoms with Crippen molar-refractivity contribution in [1.29, 1.82) is 0 Å². The van der Waals surface area contributed by atoms with Crippen LogP contribution in [0, 0.1) is 0 Å². The fourth-order valence-corrected chi connectivity index (χ4v) is 2.08. The third-order valence-electron chi connectivity index (χ3n) is 2.74. The number of hydrogen-bond acceptors (Lipinski definition) is 6. The number of rotatable bonds is 5. The van der Waals surface area contributed by atoms with Crippen molar-refractivity contribution in [2.24, 2.45) is 0 Å². The maximum absolute atomic E-state index is 12.4. The Labute approximate surface area is 124 Å². The molecule has 0 heterocycles. The first-order valence-electron chi connectivity index (χ1n) is 5.88. The number of hydrogen-bond donors (Lipinski definition) is 1. The predicted octanol–water partition coefficient (Wildman–Crippen LogP) is 1.80. The minimum Gasteiger partial charge on any atom is -0.465 e. The Morgan fingerprint density at radius 2 is 1.95 bits per heavy atom. The molecule has 6 nitrogen and oxygen atoms in total. The first-order valence-corrected chi connectivity index (χ1v) is 7.28. The molecule has 1 unspecified atom stereocenters. The van der Waals surface area contributed by atoms with Gasteiger partial charge in [-0.1, -0.05) is 19.1 Å². The third kappa shape index (κ3) is 3.69. The number of carbonyl (C=O) groups excluding carboxylic acids is 1. The van der Waals surface area contributed by atoms with Crippen molar-refractivity contribution in [2.75, 3.05) is 13.7 Å². The molecule has 0 saturated carbocycles. The summed E-state index contributed by atoms with van der Waals surface area (Å²) in [5.74, 6) is -2.54. The van der Waals surface area contributed by atoms with Crippen molar-refractivity contribution in [3.8, 4) is 5.75 Å². The number of esters is 1. The zero-order valence-corrected chi connectivity index (χ0v) is 12.4. The molecule has 0 bridgehead atoms. The summed E-state index contributed by atoms with van der Waals surface area (Å²) in [6, 6.07) is 3.44. The van der Waals surface area contributed by atoms with Crippen LogP contribution in [0.5, 0.6) is 5.75 Å². The molecule has 0 aliphatic carbocycles. The van der Waals surface area contributed by atoms with Crippen LogP contribution in [0.25, 0.3) is 0 Å². The zero-order valence-electron chi connectivity index (χ0n) is 11.5. The highest BCUT2D eigenvalue weighted by Crippen LogP contribution is 2.33. The van der Waals surface area contributed by atoms with Crippen LogP contribution in [0.1, 0.15) is 28.8 Å². The molecule has 1 aromatic carbocycles. The second-order valence-corrected chi connectivity index (χ2v) is 5.82. The normalized spacial score (nSPS) is 13.5. The molecule has 0 aliphatic heterocycles. The van der Waals surface area contributed by atoms with Gasteiger partial charge in [0.15, 0.2) is 5.75 Å². The van der Waals surface area contributed by atoms with E-state index in [2.05, 4.69) is 8.92 Å². The summed E-state index contributed by atoms with van der Waals surface area (Å²) in [4.78, 5) is 11.8. The lowest BCUT2D eigenvalue weighted by Crippen LogP contribution is -2.29. The Kier molecular flexibility index (Phi) is 5.41. The summed E-state index contributed by atoms with van der Waals surface area (Å²) < 4.78 is 67.8. The van der Waals surface area contributed by atoms with Gasteiger partial charge in [0.05, 0.1) is 7.11 Å². The topological polar surface area (TPSA) is 89.9 Å². The molecule has 1 N–H and O–H groups in total. The third-order valence-corrected chi connectivity index (χ3v) is 3.70. The Bertz CT molecular complexity index is 653. The maximum atomic E-state index is 12.4. The fourth-order valence-electron chi connectivity index (χ4n) is 1.61. The van der Waals surface area contributed by atoms with Gasteiger partial charge in [0, 0.05) is 12.5 Å². The first-order chi connectivity index (χ1) is 10.0. The molecular formula is C12H13F3O6S. The molecule has 124 valence electrons. The minimum absolute atomic E-state index is 0.101. The van der Waals surface area contributed by atoms with Gasteiger partial charge in [0.25, 0.3) is 0 Å². The Hall–Kier alpha value is -1.81. The fraction of sp³-hybridized carbons (Fsp3) is 0.417. The smallest absolute Gasteiger partial charge is 0.465 e. The molecule has 0 aromatic heterocycles. The van der Waals surface area contributed by atoms with E-state index in [1.165, 1.54) is 19.1 Å². The van der Waals surface area contributed by atoms with E-state index in [0.29, 0.717) is 0 Å². The molecule has 1 rings (SSSR count). The number of methoxy groups -OCH3 is 1. The number of benzene rings is 1. The molecule has 10 heteroatoms. The van der Waals surface area contributed by atoms with Crippen LogP contribution in [0.4, 0.5) is 13.2 Å². The van der Waals surface area contributed by atoms with Gasteiger partial charge in [-0.15, -0.1) is 0 Å². The van der Waals surface area contributed by atoms with E-state index >= 15 is 0 Å². The number of halogens is 3. The predicted molar refractivity (Wildman–Crippen MR) is 68.9 cm³/mol. The van der Waals surface area contributed by atoms with Crippen LogP contribution < -0.4 is 4.18 Å². The van der Waals surface area contributed by atoms with Crippen LogP contribution in [0.15, 0.2) is 18.2 Å². The van der Waals surface area contributed by atoms with Crippen LogP contribution >= 0.6 is 0 Å². The van der Waals surface area contributed by atoms with Gasteiger partial charge in [-0.2, -0.15) is 21.6 Å². The highest BCUT2D eigenvalue weighted by molar-refractivity contribution is 7.88. The average Bonchev–Trinajstić information content (AvgIpc) is 2.43. The molecule has 22 heavy (non-hydrogen) atoms. The van der Waals surface area contributed by atoms with Crippen molar-refractivity contribution in [3.05, 3.63) is 29.3 Å². The number of aliphatic hydroxyl groups is 1. The second-order valence-electron chi connectivity index (χ2n) is 4.28. The Morgan fingerprint density at radius 1 is 1.36 bits per heavy atom. The van der Waals surface area contributed by atoms with Crippen LogP contribution in [0.2, 0.25) is 0 Å². The summed E-state index contributed by atoms with van der Waals surface area (Å²) in [6.07, 6.45) is 0. The zero-order chi connectivity index (χ0) is 17.1. The lowest BCUT2D eigenvalue weighted by molar-refractivity contribution is -0.0500. The first kappa shape index (κ1) is 18.2. The lowest BCUT2D eigenvalue weighted by atomic mass is 9.95. The van der Waals surface area contributed by atoms with Crippen molar-refractivity contribution in [1.82, 2.24) is 0 Å². The largest absolute Gasteiger partial charge is 0.534 e. The molecule has 0 amide bonds. The highest BCUT2D eigenvalue weighted by Gasteiger charge is 2.49. The van der Waals surface area contributed by atoms with Crippen LogP contribution in [-0.4, -0.2) is 38.7 Å². The van der Waals surface area contributed by atoms with Gasteiger partial charge in [0.2, 0.25) is 0 Å². The standard InChI is InChI=1S/C12H13F3O6S/c1-7(6-16)8-4-3-5-9(10(8)11(17)20-2)21-22(18,19)12(13,14)15/h3-5,7,16H,6H2,1-2H3. The average molecular weight is 342 g/mol. The molecule has 0 saturated heterocycles. The number of ether oxygens (including phenoxy) is 1. The molecule has 1 aromatic rings. The SMILES string of the molecule is COC(=O)c1c(OS(=O)(=O)C(F)(F)F)cccc1C(C)CO. The van der Waals surface area contributed by atoms with Gasteiger partial charge in [-0.3, -0.25) is 0 Å². The van der Waals surface area contributed by atoms with Gasteiger partial charge < -0.3 is 14.0 Å². The highest BCUT2D eigenvalue weighted by atomic mass is 32.2. The summed E-state index contributed by atoms with van der Waals surface area (Å²) in [5, 5.41) is 9.13. The number of carbonyl (C=O) groups is 1. The molecule has 0 spiro atoms. The quantitative estimate of drug-likeness (QED) is 0.498. The van der Waals surface area contributed by atoms with E-state index in [0.717, 1.165) is 13.2 Å². The van der Waals surface area contributed by atoms with Gasteiger partial charge in [-0.25, -0.2) is 4.79 Å². The van der Waals surface area contributed by atoms with Crippen molar-refractivity contribution < 1.29 is 40.4 Å². The van der Waals surface area contributed by atoms with Gasteiger partial charge in [-0.05, 0) is 11.6 Å². The maximum Gasteiger partial charge on any atom is 0.534 e. The van der Waals surface area contributed by atoms with E-state index in [1.807, 2.05) is 0 Å². The van der Waals surface area contributed by atoms with E-state index < -0.39 is 45.4 Å². The second kappa shape index (κ2) is 6.53. The van der Waals surface area contributed by atoms with Crippen LogP contribution in [0.3, 0.4) is 0 Å². The number of aliphatic hydroxyl groups excluding tert-OH is 1. The number of alkyl halides is 3. The van der Waals surface area contributed by atoms with Crippen molar-refractivity contribution in [3.63, 3.8) is 0 Å². The Balaban J connectivity index is 3.46. The van der Waals surface area contributed by atoms with Crippen LogP contribution in [-0.2, 0) is 14.9 Å². The van der Waals surface area contributed by atoms with Gasteiger partial charge in [0.1, 0.15) is 5.56 Å². The van der Waals surface area contributed by atoms with E-state index in [1.54, 1.807) is 0 Å². The van der Waals surface area contributed by atoms with E-state index in [4.69, 9.17) is 5.11 Å². The van der Waals surface area contributed by atoms with Crippen molar-refractivity contribution >= 4 is 16.1 Å². The van der Waals surface area contributed by atoms with Gasteiger partial charge >= 0.3 is 21.6 Å². The monoisotopic (exact) mass is 342 g/mol. The molecular weight excluding hydrogens is 329 g/mol.